The summed E-state index contributed by atoms with van der Waals surface area (Å²) in [6.07, 6.45) is 2.95. The highest BCUT2D eigenvalue weighted by Crippen LogP contribution is 2.29. The van der Waals surface area contributed by atoms with Gasteiger partial charge in [-0.15, -0.1) is 0 Å². The number of oxazole rings is 1. The van der Waals surface area contributed by atoms with Crippen LogP contribution in [-0.4, -0.2) is 51.2 Å². The Kier molecular flexibility index (Phi) is 4.49. The highest BCUT2D eigenvalue weighted by atomic mass is 16.5. The number of carbonyl (C=O) groups is 1. The Balaban J connectivity index is 1.56. The molecule has 0 saturated carbocycles. The van der Waals surface area contributed by atoms with Gasteiger partial charge in [0.15, 0.2) is 17.8 Å². The lowest BCUT2D eigenvalue weighted by molar-refractivity contribution is 0.0699. The number of piperidine rings is 1. The van der Waals surface area contributed by atoms with Crippen molar-refractivity contribution < 1.29 is 13.9 Å². The van der Waals surface area contributed by atoms with Gasteiger partial charge in [0.05, 0.1) is 7.11 Å². The molecule has 1 aliphatic rings. The van der Waals surface area contributed by atoms with Crippen LogP contribution in [0.1, 0.15) is 35.1 Å². The van der Waals surface area contributed by atoms with E-state index < -0.39 is 0 Å². The fourth-order valence-electron chi connectivity index (χ4n) is 3.36. The van der Waals surface area contributed by atoms with Gasteiger partial charge in [-0.25, -0.2) is 14.9 Å². The summed E-state index contributed by atoms with van der Waals surface area (Å²) in [5.74, 6) is 1.51. The topological polar surface area (TPSA) is 117 Å². The number of rotatable bonds is 4. The fraction of sp³-hybridized carbons (Fsp3) is 0.333. The van der Waals surface area contributed by atoms with Crippen molar-refractivity contribution >= 4 is 5.91 Å². The largest absolute Gasteiger partial charge is 0.497 e. The van der Waals surface area contributed by atoms with Crippen molar-refractivity contribution in [2.75, 3.05) is 20.2 Å². The lowest BCUT2D eigenvalue weighted by atomic mass is 9.97. The molecule has 1 fully saturated rings. The van der Waals surface area contributed by atoms with Crippen molar-refractivity contribution in [2.24, 2.45) is 0 Å². The fourth-order valence-corrected chi connectivity index (χ4v) is 3.36. The van der Waals surface area contributed by atoms with E-state index in [2.05, 4.69) is 20.2 Å². The summed E-state index contributed by atoms with van der Waals surface area (Å²) < 4.78 is 10.6. The average molecular weight is 369 g/mol. The molecule has 1 amide bonds. The molecule has 1 aliphatic heterocycles. The molecule has 4 rings (SSSR count). The average Bonchev–Trinajstić information content (AvgIpc) is 3.37. The maximum absolute atomic E-state index is 13.0. The van der Waals surface area contributed by atoms with Gasteiger partial charge in [-0.05, 0) is 37.1 Å². The Morgan fingerprint density at radius 3 is 2.85 bits per heavy atom. The Morgan fingerprint density at radius 1 is 1.33 bits per heavy atom. The summed E-state index contributed by atoms with van der Waals surface area (Å²) >= 11 is 0. The predicted molar refractivity (Wildman–Crippen MR) is 95.6 cm³/mol. The molecule has 1 atom stereocenters. The zero-order valence-corrected chi connectivity index (χ0v) is 14.8. The van der Waals surface area contributed by atoms with Crippen LogP contribution < -0.4 is 10.4 Å². The first kappa shape index (κ1) is 17.1. The molecule has 1 aromatic carbocycles. The van der Waals surface area contributed by atoms with Crippen LogP contribution >= 0.6 is 0 Å². The predicted octanol–water partition coefficient (Wildman–Crippen LogP) is 1.78. The lowest BCUT2D eigenvalue weighted by Gasteiger charge is -2.31. The van der Waals surface area contributed by atoms with Crippen LogP contribution in [0.5, 0.6) is 5.75 Å². The molecular formula is C18H19N5O4. The monoisotopic (exact) mass is 369 g/mol. The molecule has 9 heteroatoms. The molecule has 0 bridgehead atoms. The molecule has 3 heterocycles. The van der Waals surface area contributed by atoms with Gasteiger partial charge in [0.1, 0.15) is 11.6 Å². The van der Waals surface area contributed by atoms with Crippen LogP contribution in [0, 0.1) is 0 Å². The minimum atomic E-state index is -0.341. The van der Waals surface area contributed by atoms with Gasteiger partial charge in [0.25, 0.3) is 5.91 Å². The van der Waals surface area contributed by atoms with E-state index in [1.54, 1.807) is 24.1 Å². The number of carbonyl (C=O) groups excluding carboxylic acids is 1. The van der Waals surface area contributed by atoms with E-state index in [0.717, 1.165) is 24.2 Å². The van der Waals surface area contributed by atoms with Gasteiger partial charge in [-0.3, -0.25) is 9.78 Å². The van der Waals surface area contributed by atoms with Crippen molar-refractivity contribution in [2.45, 2.75) is 18.8 Å². The van der Waals surface area contributed by atoms with E-state index in [0.29, 0.717) is 24.7 Å². The summed E-state index contributed by atoms with van der Waals surface area (Å²) in [5.41, 5.74) is 0.685. The molecule has 2 aromatic heterocycles. The van der Waals surface area contributed by atoms with E-state index in [-0.39, 0.29) is 23.2 Å². The number of ether oxygens (including phenoxy) is 1. The normalized spacial score (nSPS) is 17.1. The van der Waals surface area contributed by atoms with E-state index >= 15 is 0 Å². The third-order valence-electron chi connectivity index (χ3n) is 4.74. The van der Waals surface area contributed by atoms with E-state index in [1.165, 1.54) is 6.39 Å². The van der Waals surface area contributed by atoms with Crippen LogP contribution in [0.25, 0.3) is 11.3 Å². The first-order valence-electron chi connectivity index (χ1n) is 8.67. The van der Waals surface area contributed by atoms with Crippen LogP contribution in [0.2, 0.25) is 0 Å². The van der Waals surface area contributed by atoms with Crippen molar-refractivity contribution in [3.8, 4) is 17.1 Å². The number of hydrogen-bond donors (Lipinski definition) is 2. The second kappa shape index (κ2) is 7.10. The van der Waals surface area contributed by atoms with Crippen molar-refractivity contribution in [1.82, 2.24) is 25.1 Å². The summed E-state index contributed by atoms with van der Waals surface area (Å²) in [6, 6.07) is 7.25. The van der Waals surface area contributed by atoms with Crippen LogP contribution in [0.4, 0.5) is 0 Å². The molecule has 140 valence electrons. The lowest BCUT2D eigenvalue weighted by Crippen LogP contribution is -2.39. The summed E-state index contributed by atoms with van der Waals surface area (Å²) in [5, 5.41) is 6.38. The SMILES string of the molecule is COc1ccc(-c2ocnc2C(=O)N2CCC[C@@H](c3n[nH]c(=O)[nH]3)C2)cc1. The summed E-state index contributed by atoms with van der Waals surface area (Å²) in [4.78, 5) is 32.9. The molecule has 9 nitrogen and oxygen atoms in total. The number of likely N-dealkylation sites (tertiary alicyclic amines) is 1. The molecule has 0 spiro atoms. The van der Waals surface area contributed by atoms with Crippen LogP contribution in [0.15, 0.2) is 39.9 Å². The van der Waals surface area contributed by atoms with Gasteiger partial charge < -0.3 is 14.1 Å². The van der Waals surface area contributed by atoms with E-state index in [9.17, 15) is 9.59 Å². The third kappa shape index (κ3) is 3.35. The number of benzene rings is 1. The molecule has 2 N–H and O–H groups in total. The number of hydrogen-bond acceptors (Lipinski definition) is 6. The Labute approximate surface area is 154 Å². The quantitative estimate of drug-likeness (QED) is 0.724. The maximum atomic E-state index is 13.0. The number of aromatic nitrogens is 4. The number of methoxy groups -OCH3 is 1. The highest BCUT2D eigenvalue weighted by Gasteiger charge is 2.30. The molecule has 3 aromatic rings. The second-order valence-electron chi connectivity index (χ2n) is 6.41. The zero-order chi connectivity index (χ0) is 18.8. The second-order valence-corrected chi connectivity index (χ2v) is 6.41. The van der Waals surface area contributed by atoms with Gasteiger partial charge in [0, 0.05) is 24.6 Å². The van der Waals surface area contributed by atoms with Crippen LogP contribution in [0.3, 0.4) is 0 Å². The smallest absolute Gasteiger partial charge is 0.340 e. The van der Waals surface area contributed by atoms with Gasteiger partial charge in [0.2, 0.25) is 0 Å². The van der Waals surface area contributed by atoms with Gasteiger partial charge in [-0.2, -0.15) is 5.10 Å². The molecular weight excluding hydrogens is 350 g/mol. The van der Waals surface area contributed by atoms with E-state index in [1.807, 2.05) is 12.1 Å². The Hall–Kier alpha value is -3.36. The first-order chi connectivity index (χ1) is 13.2. The molecule has 27 heavy (non-hydrogen) atoms. The maximum Gasteiger partial charge on any atom is 0.340 e. The van der Waals surface area contributed by atoms with E-state index in [4.69, 9.17) is 9.15 Å². The zero-order valence-electron chi connectivity index (χ0n) is 14.8. The minimum absolute atomic E-state index is 0.0158. The standard InChI is InChI=1S/C18H19N5O4/c1-26-13-6-4-11(5-7-13)15-14(19-10-27-15)17(24)23-8-2-3-12(9-23)16-20-18(25)22-21-16/h4-7,10,12H,2-3,8-9H2,1H3,(H2,20,21,22,25)/t12-/m1/s1. The Bertz CT molecular complexity index is 988. The van der Waals surface area contributed by atoms with Crippen molar-refractivity contribution in [3.05, 3.63) is 52.7 Å². The van der Waals surface area contributed by atoms with Crippen LogP contribution in [-0.2, 0) is 0 Å². The van der Waals surface area contributed by atoms with Crippen molar-refractivity contribution in [1.29, 1.82) is 0 Å². The summed E-state index contributed by atoms with van der Waals surface area (Å²) in [6.45, 7) is 1.09. The number of amides is 1. The molecule has 0 aliphatic carbocycles. The molecule has 0 unspecified atom stereocenters. The summed E-state index contributed by atoms with van der Waals surface area (Å²) in [7, 11) is 1.60. The first-order valence-corrected chi connectivity index (χ1v) is 8.67. The van der Waals surface area contributed by atoms with Gasteiger partial charge >= 0.3 is 5.69 Å². The Morgan fingerprint density at radius 2 is 2.15 bits per heavy atom. The van der Waals surface area contributed by atoms with Crippen molar-refractivity contribution in [3.63, 3.8) is 0 Å². The number of nitrogens with one attached hydrogen (secondary N) is 2. The number of H-pyrrole nitrogens is 2. The van der Waals surface area contributed by atoms with Gasteiger partial charge in [-0.1, -0.05) is 0 Å². The highest BCUT2D eigenvalue weighted by molar-refractivity contribution is 5.97. The minimum Gasteiger partial charge on any atom is -0.497 e. The molecule has 1 saturated heterocycles. The number of nitrogens with zero attached hydrogens (tertiary/aromatic N) is 3. The molecule has 0 radical (unpaired) electrons. The number of aromatic amines is 2. The third-order valence-corrected chi connectivity index (χ3v) is 4.74.